The fourth-order valence-corrected chi connectivity index (χ4v) is 8.11. The number of benzene rings is 3. The van der Waals surface area contributed by atoms with E-state index in [4.69, 9.17) is 4.74 Å². The van der Waals surface area contributed by atoms with Gasteiger partial charge in [-0.15, -0.1) is 0 Å². The fourth-order valence-electron chi connectivity index (χ4n) is 6.03. The van der Waals surface area contributed by atoms with E-state index in [1.54, 1.807) is 0 Å². The Balaban J connectivity index is 1.59. The van der Waals surface area contributed by atoms with Crippen LogP contribution in [0.5, 0.6) is 0 Å². The highest BCUT2D eigenvalue weighted by Crippen LogP contribution is 2.54. The molecule has 0 saturated carbocycles. The highest BCUT2D eigenvalue weighted by atomic mass is 32.2. The molecule has 0 spiro atoms. The van der Waals surface area contributed by atoms with E-state index in [0.717, 1.165) is 35.2 Å². The number of carbonyl (C=O) groups excluding carboxylic acids is 1. The lowest BCUT2D eigenvalue weighted by molar-refractivity contribution is -0.392. The summed E-state index contributed by atoms with van der Waals surface area (Å²) < 4.78 is 165. The summed E-state index contributed by atoms with van der Waals surface area (Å²) in [6.45, 7) is -2.76. The maximum absolute atomic E-state index is 14.5. The average Bonchev–Trinajstić information content (AvgIpc) is 3.52. The van der Waals surface area contributed by atoms with Crippen LogP contribution in [0.4, 0.5) is 44.3 Å². The second-order valence-electron chi connectivity index (χ2n) is 11.5. The first-order valence-corrected chi connectivity index (χ1v) is 16.2. The Bertz CT molecular complexity index is 1830. The Kier molecular flexibility index (Phi) is 9.83. The third-order valence-electron chi connectivity index (χ3n) is 8.66. The van der Waals surface area contributed by atoms with Gasteiger partial charge in [0.25, 0.3) is 5.60 Å². The molecule has 2 aliphatic rings. The molecule has 0 aromatic heterocycles. The lowest BCUT2D eigenvalue weighted by Gasteiger charge is -2.38. The molecular weight excluding hydrogens is 711 g/mol. The van der Waals surface area contributed by atoms with Crippen LogP contribution >= 0.6 is 0 Å². The Morgan fingerprint density at radius 2 is 1.48 bits per heavy atom. The molecule has 8 nitrogen and oxygen atoms in total. The van der Waals surface area contributed by atoms with Gasteiger partial charge in [-0.3, -0.25) is 0 Å². The molecule has 0 bridgehead atoms. The normalized spacial score (nSPS) is 19.9. The molecule has 0 unspecified atom stereocenters. The van der Waals surface area contributed by atoms with E-state index < -0.39 is 85.2 Å². The largest absolute Gasteiger partial charge is 0.512 e. The van der Waals surface area contributed by atoms with Crippen LogP contribution in [-0.2, 0) is 36.3 Å². The summed E-state index contributed by atoms with van der Waals surface area (Å²) in [6.07, 6.45) is -12.2. The van der Waals surface area contributed by atoms with E-state index in [2.05, 4.69) is 4.74 Å². The van der Waals surface area contributed by atoms with Gasteiger partial charge < -0.3 is 24.4 Å². The van der Waals surface area contributed by atoms with Crippen LogP contribution in [0.3, 0.4) is 0 Å². The predicted octanol–water partition coefficient (Wildman–Crippen LogP) is 6.87. The maximum atomic E-state index is 14.5. The molecule has 2 aliphatic heterocycles. The predicted molar refractivity (Wildman–Crippen MR) is 156 cm³/mol. The molecule has 3 aromatic carbocycles. The highest BCUT2D eigenvalue weighted by Gasteiger charge is 2.73. The van der Waals surface area contributed by atoms with Gasteiger partial charge in [-0.05, 0) is 48.4 Å². The van der Waals surface area contributed by atoms with Crippen molar-refractivity contribution in [3.05, 3.63) is 113 Å². The monoisotopic (exact) mass is 738 g/mol. The molecule has 2 amide bonds. The van der Waals surface area contributed by atoms with Crippen molar-refractivity contribution in [2.24, 2.45) is 0 Å². The molecule has 0 radical (unpaired) electrons. The first-order valence-electron chi connectivity index (χ1n) is 14.7. The molecule has 2 fully saturated rings. The number of ether oxygens (including phenoxy) is 2. The van der Waals surface area contributed by atoms with E-state index >= 15 is 0 Å². The van der Waals surface area contributed by atoms with Crippen molar-refractivity contribution in [1.82, 2.24) is 9.80 Å². The number of sulfone groups is 1. The summed E-state index contributed by atoms with van der Waals surface area (Å²) in [4.78, 5) is 15.4. The minimum Gasteiger partial charge on any atom is -0.512 e. The van der Waals surface area contributed by atoms with Crippen molar-refractivity contribution >= 4 is 15.9 Å². The molecule has 3 aromatic rings. The number of likely N-dealkylation sites (tertiary alicyclic amines) is 1. The van der Waals surface area contributed by atoms with Gasteiger partial charge in [-0.2, -0.15) is 26.3 Å². The molecular formula is C32H27F9N2O6S. The van der Waals surface area contributed by atoms with Gasteiger partial charge in [0.15, 0.2) is 9.84 Å². The summed E-state index contributed by atoms with van der Waals surface area (Å²) in [7, 11) is -4.66. The van der Waals surface area contributed by atoms with Gasteiger partial charge in [0, 0.05) is 24.2 Å². The van der Waals surface area contributed by atoms with E-state index in [0.29, 0.717) is 42.7 Å². The molecule has 5 rings (SSSR count). The first kappa shape index (κ1) is 36.8. The van der Waals surface area contributed by atoms with Crippen LogP contribution in [0.2, 0.25) is 0 Å². The average molecular weight is 739 g/mol. The number of nitrogens with zero attached hydrogens (tertiary/aromatic N) is 2. The number of aliphatic hydroxyl groups is 1. The quantitative estimate of drug-likeness (QED) is 0.162. The Morgan fingerprint density at radius 1 is 0.880 bits per heavy atom. The number of aliphatic hydroxyl groups excluding tert-OH is 1. The Labute approximate surface area is 279 Å². The smallest absolute Gasteiger partial charge is 0.430 e. The van der Waals surface area contributed by atoms with E-state index in [1.807, 2.05) is 0 Å². The molecule has 1 N–H and O–H groups in total. The summed E-state index contributed by atoms with van der Waals surface area (Å²) >= 11 is 0. The SMILES string of the molecule is O=C(N1CCO/C(=C/O)C1)N1CC[C@](c2ccc(C(OCc3c(F)cccc3F)(C(F)(F)F)C(F)(F)F)cc2)(S(=O)(=O)c2ccc(F)cc2)C1. The number of urea groups is 1. The van der Waals surface area contributed by atoms with E-state index in [-0.39, 0.29) is 44.0 Å². The maximum Gasteiger partial charge on any atom is 0.430 e. The summed E-state index contributed by atoms with van der Waals surface area (Å²) in [6, 6.07) is 7.07. The number of hydrogen-bond acceptors (Lipinski definition) is 6. The van der Waals surface area contributed by atoms with Gasteiger partial charge in [0.2, 0.25) is 0 Å². The number of carbonyl (C=O) groups is 1. The topological polar surface area (TPSA) is 96.4 Å². The summed E-state index contributed by atoms with van der Waals surface area (Å²) in [5, 5.41) is 9.31. The lowest BCUT2D eigenvalue weighted by atomic mass is 9.88. The number of halogens is 9. The van der Waals surface area contributed by atoms with Gasteiger partial charge in [-0.1, -0.05) is 30.3 Å². The fraction of sp³-hybridized carbons (Fsp3) is 0.344. The van der Waals surface area contributed by atoms with Crippen molar-refractivity contribution < 1.29 is 67.3 Å². The minimum atomic E-state index is -6.25. The minimum absolute atomic E-state index is 0.00174. The van der Waals surface area contributed by atoms with Crippen molar-refractivity contribution in [2.45, 2.75) is 40.6 Å². The van der Waals surface area contributed by atoms with Crippen molar-refractivity contribution in [1.29, 1.82) is 0 Å². The van der Waals surface area contributed by atoms with E-state index in [1.165, 1.54) is 4.90 Å². The molecule has 0 aliphatic carbocycles. The molecule has 1 atom stereocenters. The van der Waals surface area contributed by atoms with Crippen molar-refractivity contribution in [3.63, 3.8) is 0 Å². The summed E-state index contributed by atoms with van der Waals surface area (Å²) in [5.74, 6) is -3.65. The Hall–Kier alpha value is -4.45. The molecule has 2 saturated heterocycles. The zero-order valence-corrected chi connectivity index (χ0v) is 26.4. The zero-order valence-electron chi connectivity index (χ0n) is 25.6. The number of morpholine rings is 1. The second kappa shape index (κ2) is 13.4. The van der Waals surface area contributed by atoms with Gasteiger partial charge in [0.1, 0.15) is 40.8 Å². The first-order chi connectivity index (χ1) is 23.4. The van der Waals surface area contributed by atoms with Gasteiger partial charge in [-0.25, -0.2) is 26.4 Å². The van der Waals surface area contributed by atoms with E-state index in [9.17, 15) is 57.8 Å². The zero-order chi connectivity index (χ0) is 36.7. The van der Waals surface area contributed by atoms with Crippen LogP contribution in [0, 0.1) is 17.5 Å². The Morgan fingerprint density at radius 3 is 2.04 bits per heavy atom. The standard InChI is InChI=1S/C32H27F9N2O6S/c33-22-8-10-24(11-9-22)50(46,47)29(12-13-43(19-29)28(45)42-14-15-48-23(16-42)17-44)20-4-6-21(7-5-20)30(31(36,37)38,32(39,40)41)49-18-25-26(34)2-1-3-27(25)35/h1-11,17,44H,12-16,18-19H2/b23-17+/t29-/m0/s1. The van der Waals surface area contributed by atoms with Gasteiger partial charge >= 0.3 is 18.4 Å². The number of alkyl halides is 6. The third kappa shape index (κ3) is 6.34. The number of hydrogen-bond donors (Lipinski definition) is 1. The van der Waals surface area contributed by atoms with Crippen LogP contribution in [0.25, 0.3) is 0 Å². The third-order valence-corrected chi connectivity index (χ3v) is 11.2. The van der Waals surface area contributed by atoms with Crippen molar-refractivity contribution in [3.8, 4) is 0 Å². The number of rotatable bonds is 7. The van der Waals surface area contributed by atoms with Crippen LogP contribution in [0.1, 0.15) is 23.1 Å². The van der Waals surface area contributed by atoms with Crippen LogP contribution in [0.15, 0.2) is 83.6 Å². The lowest BCUT2D eigenvalue weighted by Crippen LogP contribution is -2.56. The number of amides is 2. The molecule has 2 heterocycles. The molecule has 270 valence electrons. The molecule has 18 heteroatoms. The second-order valence-corrected chi connectivity index (χ2v) is 13.8. The molecule has 50 heavy (non-hydrogen) atoms. The van der Waals surface area contributed by atoms with Gasteiger partial charge in [0.05, 0.1) is 24.6 Å². The van der Waals surface area contributed by atoms with Crippen LogP contribution in [-0.4, -0.2) is 74.5 Å². The highest BCUT2D eigenvalue weighted by molar-refractivity contribution is 7.92. The van der Waals surface area contributed by atoms with Crippen molar-refractivity contribution in [2.75, 3.05) is 32.8 Å². The summed E-state index contributed by atoms with van der Waals surface area (Å²) in [5.41, 5.74) is -8.20. The van der Waals surface area contributed by atoms with Crippen LogP contribution < -0.4 is 0 Å².